The molecule has 2 fully saturated rings. The molecular formula is C25H26F9N3O8. The molecule has 20 heteroatoms. The molecule has 0 radical (unpaired) electrons. The Labute approximate surface area is 248 Å². The predicted octanol–water partition coefficient (Wildman–Crippen LogP) is 4.33. The van der Waals surface area contributed by atoms with Crippen molar-refractivity contribution in [3.8, 4) is 0 Å². The monoisotopic (exact) mass is 667 g/mol. The van der Waals surface area contributed by atoms with Crippen LogP contribution in [0.5, 0.6) is 0 Å². The predicted molar refractivity (Wildman–Crippen MR) is 131 cm³/mol. The van der Waals surface area contributed by atoms with E-state index in [1.54, 1.807) is 6.20 Å². The lowest BCUT2D eigenvalue weighted by Gasteiger charge is -2.32. The minimum absolute atomic E-state index is 0.123. The van der Waals surface area contributed by atoms with Crippen LogP contribution < -0.4 is 0 Å². The summed E-state index contributed by atoms with van der Waals surface area (Å²) in [6.07, 6.45) is -5.27. The van der Waals surface area contributed by atoms with Gasteiger partial charge in [-0.1, -0.05) is 6.07 Å². The number of rotatable bonds is 5. The van der Waals surface area contributed by atoms with Crippen molar-refractivity contribution < 1.29 is 78.7 Å². The van der Waals surface area contributed by atoms with Gasteiger partial charge in [0.2, 0.25) is 0 Å². The second-order valence-corrected chi connectivity index (χ2v) is 8.95. The number of aliphatic carboxylic acids is 3. The van der Waals surface area contributed by atoms with Crippen molar-refractivity contribution in [1.82, 2.24) is 14.9 Å². The number of carboxylic acids is 3. The standard InChI is InChI=1S/C19H23N3O2.3C2HF3O2/c1-3-16(11-21-7-1)14-24-18-13-22(12-15-5-8-20-9-6-15)17-4-2-10-23-19(17)18;3*3-2(4,5)1(6)7/h1,3,5-9,11,17-19H,2,4,10,12-14H2;3*(H,6,7)/t17-,18-,19+;;;/m1.../s1. The molecule has 0 bridgehead atoms. The third-order valence-electron chi connectivity index (χ3n) is 5.63. The lowest BCUT2D eigenvalue weighted by molar-refractivity contribution is -0.193. The minimum Gasteiger partial charge on any atom is -0.475 e. The number of hydrogen-bond donors (Lipinski definition) is 3. The zero-order valence-electron chi connectivity index (χ0n) is 22.7. The molecule has 4 heterocycles. The smallest absolute Gasteiger partial charge is 0.475 e. The quantitative estimate of drug-likeness (QED) is 0.390. The van der Waals surface area contributed by atoms with Crippen LogP contribution in [0.4, 0.5) is 39.5 Å². The summed E-state index contributed by atoms with van der Waals surface area (Å²) in [6.45, 7) is 3.28. The number of fused-ring (bicyclic) bond motifs is 1. The van der Waals surface area contributed by atoms with Crippen molar-refractivity contribution in [2.75, 3.05) is 13.2 Å². The second kappa shape index (κ2) is 17.4. The summed E-state index contributed by atoms with van der Waals surface area (Å²) in [7, 11) is 0. The number of likely N-dealkylation sites (tertiary alicyclic amines) is 1. The van der Waals surface area contributed by atoms with E-state index < -0.39 is 36.4 Å². The lowest BCUT2D eigenvalue weighted by atomic mass is 10.0. The minimum atomic E-state index is -5.08. The highest BCUT2D eigenvalue weighted by Crippen LogP contribution is 2.32. The molecule has 0 aliphatic carbocycles. The van der Waals surface area contributed by atoms with Crippen LogP contribution in [0.25, 0.3) is 0 Å². The molecule has 4 rings (SSSR count). The first kappa shape index (κ1) is 39.0. The van der Waals surface area contributed by atoms with Gasteiger partial charge in [0.1, 0.15) is 6.10 Å². The van der Waals surface area contributed by atoms with E-state index in [1.807, 2.05) is 24.7 Å². The Morgan fingerprint density at radius 1 is 0.822 bits per heavy atom. The first-order chi connectivity index (χ1) is 20.7. The summed E-state index contributed by atoms with van der Waals surface area (Å²) in [5.41, 5.74) is 2.40. The summed E-state index contributed by atoms with van der Waals surface area (Å²) in [5.74, 6) is -8.27. The number of halogens is 9. The number of ether oxygens (including phenoxy) is 2. The fourth-order valence-corrected chi connectivity index (χ4v) is 3.74. The molecule has 0 unspecified atom stereocenters. The van der Waals surface area contributed by atoms with Gasteiger partial charge in [-0.2, -0.15) is 39.5 Å². The number of pyridine rings is 2. The summed E-state index contributed by atoms with van der Waals surface area (Å²) >= 11 is 0. The second-order valence-electron chi connectivity index (χ2n) is 8.95. The Kier molecular flexibility index (Phi) is 15.1. The first-order valence-corrected chi connectivity index (χ1v) is 12.4. The third kappa shape index (κ3) is 15.0. The van der Waals surface area contributed by atoms with Gasteiger partial charge in [0.05, 0.1) is 12.7 Å². The van der Waals surface area contributed by atoms with Crippen LogP contribution in [0.2, 0.25) is 0 Å². The molecule has 0 saturated carbocycles. The zero-order chi connectivity index (χ0) is 34.4. The van der Waals surface area contributed by atoms with Crippen LogP contribution in [0.1, 0.15) is 24.0 Å². The average Bonchev–Trinajstić information content (AvgIpc) is 3.29. The van der Waals surface area contributed by atoms with Crippen molar-refractivity contribution in [1.29, 1.82) is 0 Å². The number of aromatic nitrogens is 2. The lowest BCUT2D eigenvalue weighted by Crippen LogP contribution is -2.41. The summed E-state index contributed by atoms with van der Waals surface area (Å²) in [6, 6.07) is 8.62. The molecule has 0 aromatic carbocycles. The van der Waals surface area contributed by atoms with Gasteiger partial charge in [-0.05, 0) is 42.2 Å². The number of nitrogens with zero attached hydrogens (tertiary/aromatic N) is 3. The highest BCUT2D eigenvalue weighted by molar-refractivity contribution is 5.73. The molecule has 2 aromatic heterocycles. The third-order valence-corrected chi connectivity index (χ3v) is 5.63. The van der Waals surface area contributed by atoms with Crippen LogP contribution in [-0.2, 0) is 37.0 Å². The summed E-state index contributed by atoms with van der Waals surface area (Å²) in [4.78, 5) is 37.5. The molecule has 2 saturated heterocycles. The van der Waals surface area contributed by atoms with Gasteiger partial charge in [0, 0.05) is 50.5 Å². The van der Waals surface area contributed by atoms with E-state index in [9.17, 15) is 39.5 Å². The van der Waals surface area contributed by atoms with Crippen molar-refractivity contribution in [3.05, 3.63) is 60.2 Å². The average molecular weight is 667 g/mol. The molecular weight excluding hydrogens is 641 g/mol. The van der Waals surface area contributed by atoms with Crippen molar-refractivity contribution in [3.63, 3.8) is 0 Å². The van der Waals surface area contributed by atoms with E-state index in [-0.39, 0.29) is 12.2 Å². The fourth-order valence-electron chi connectivity index (χ4n) is 3.74. The molecule has 252 valence electrons. The Morgan fingerprint density at radius 3 is 1.78 bits per heavy atom. The molecule has 0 amide bonds. The van der Waals surface area contributed by atoms with Crippen molar-refractivity contribution >= 4 is 17.9 Å². The summed E-state index contributed by atoms with van der Waals surface area (Å²) in [5, 5.41) is 21.4. The number of alkyl halides is 9. The highest BCUT2D eigenvalue weighted by atomic mass is 19.4. The van der Waals surface area contributed by atoms with E-state index in [1.165, 1.54) is 12.0 Å². The van der Waals surface area contributed by atoms with Gasteiger partial charge in [0.25, 0.3) is 0 Å². The van der Waals surface area contributed by atoms with Crippen LogP contribution >= 0.6 is 0 Å². The van der Waals surface area contributed by atoms with Crippen LogP contribution in [-0.4, -0.2) is 98.0 Å². The van der Waals surface area contributed by atoms with Gasteiger partial charge in [-0.25, -0.2) is 14.4 Å². The number of carboxylic acid groups (broad SMARTS) is 3. The van der Waals surface area contributed by atoms with Gasteiger partial charge < -0.3 is 24.8 Å². The maximum Gasteiger partial charge on any atom is 0.490 e. The van der Waals surface area contributed by atoms with Gasteiger partial charge in [-0.15, -0.1) is 0 Å². The number of carbonyl (C=O) groups is 3. The highest BCUT2D eigenvalue weighted by Gasteiger charge is 2.44. The normalized spacial score (nSPS) is 19.7. The van der Waals surface area contributed by atoms with E-state index >= 15 is 0 Å². The van der Waals surface area contributed by atoms with Crippen LogP contribution in [0.3, 0.4) is 0 Å². The van der Waals surface area contributed by atoms with E-state index in [0.29, 0.717) is 12.6 Å². The maximum atomic E-state index is 10.6. The Morgan fingerprint density at radius 2 is 1.33 bits per heavy atom. The first-order valence-electron chi connectivity index (χ1n) is 12.4. The molecule has 3 atom stereocenters. The molecule has 2 aromatic rings. The Hall–Kier alpha value is -4.04. The molecule has 0 spiro atoms. The Bertz CT molecular complexity index is 1140. The molecule has 3 N–H and O–H groups in total. The molecule has 2 aliphatic heterocycles. The van der Waals surface area contributed by atoms with Gasteiger partial charge >= 0.3 is 36.4 Å². The van der Waals surface area contributed by atoms with Crippen LogP contribution in [0, 0.1) is 0 Å². The van der Waals surface area contributed by atoms with Gasteiger partial charge in [0.15, 0.2) is 0 Å². The van der Waals surface area contributed by atoms with E-state index in [4.69, 9.17) is 39.2 Å². The van der Waals surface area contributed by atoms with E-state index in [2.05, 4.69) is 33.1 Å². The van der Waals surface area contributed by atoms with Gasteiger partial charge in [-0.3, -0.25) is 14.9 Å². The SMILES string of the molecule is O=C(O)C(F)(F)F.O=C(O)C(F)(F)F.O=C(O)C(F)(F)F.c1cncc(CO[C@@H]2CN(Cc3ccncc3)[C@@H]3CCCO[C@@H]32)c1. The zero-order valence-corrected chi connectivity index (χ0v) is 22.7. The molecule has 11 nitrogen and oxygen atoms in total. The molecule has 2 aliphatic rings. The summed E-state index contributed by atoms with van der Waals surface area (Å²) < 4.78 is 107. The van der Waals surface area contributed by atoms with E-state index in [0.717, 1.165) is 31.7 Å². The van der Waals surface area contributed by atoms with Crippen molar-refractivity contribution in [2.24, 2.45) is 0 Å². The van der Waals surface area contributed by atoms with Crippen molar-refractivity contribution in [2.45, 2.75) is 62.8 Å². The topological polar surface area (TPSA) is 159 Å². The Balaban J connectivity index is 0.000000396. The fraction of sp³-hybridized carbons (Fsp3) is 0.480. The van der Waals surface area contributed by atoms with Crippen LogP contribution in [0.15, 0.2) is 49.1 Å². The largest absolute Gasteiger partial charge is 0.490 e. The molecule has 45 heavy (non-hydrogen) atoms. The number of hydrogen-bond acceptors (Lipinski definition) is 8. The maximum absolute atomic E-state index is 10.6.